The van der Waals surface area contributed by atoms with Crippen LogP contribution < -0.4 is 27.5 Å². The van der Waals surface area contributed by atoms with Crippen LogP contribution in [0, 0.1) is 16.7 Å². The molecule has 0 saturated carbocycles. The van der Waals surface area contributed by atoms with Crippen LogP contribution in [-0.2, 0) is 0 Å². The minimum Gasteiger partial charge on any atom is -0.368 e. The number of hydrogen-bond donors (Lipinski definition) is 6. The fraction of sp³-hybridized carbons (Fsp3) is 0.611. The number of hydrogen-bond acceptors (Lipinski definition) is 11. The summed E-state index contributed by atoms with van der Waals surface area (Å²) in [6.07, 6.45) is 0. The number of nitrogens with two attached hydrogens (primary N) is 3. The summed E-state index contributed by atoms with van der Waals surface area (Å²) < 4.78 is 1.09. The number of aromatic nitrogens is 6. The van der Waals surface area contributed by atoms with Crippen LogP contribution in [0.15, 0.2) is 20.5 Å². The second kappa shape index (κ2) is 8.68. The Labute approximate surface area is 196 Å². The molecule has 1 unspecified atom stereocenters. The lowest BCUT2D eigenvalue weighted by molar-refractivity contribution is 0.362. The highest BCUT2D eigenvalue weighted by molar-refractivity contribution is 6.00. The molecule has 34 heavy (non-hydrogen) atoms. The average molecular weight is 473 g/mol. The smallest absolute Gasteiger partial charge is 0.268 e. The second-order valence-corrected chi connectivity index (χ2v) is 9.37. The van der Waals surface area contributed by atoms with Crippen molar-refractivity contribution in [1.82, 2.24) is 29.9 Å². The van der Waals surface area contributed by atoms with Gasteiger partial charge < -0.3 is 22.6 Å². The van der Waals surface area contributed by atoms with E-state index in [1.54, 1.807) is 5.01 Å². The van der Waals surface area contributed by atoms with E-state index in [4.69, 9.17) is 22.6 Å². The van der Waals surface area contributed by atoms with Gasteiger partial charge in [0.1, 0.15) is 5.54 Å². The van der Waals surface area contributed by atoms with Crippen LogP contribution in [-0.4, -0.2) is 59.2 Å². The number of nitrogen functional groups attached to an aromatic ring is 1. The van der Waals surface area contributed by atoms with E-state index in [-0.39, 0.29) is 52.9 Å². The number of H-pyrrole nitrogens is 1. The van der Waals surface area contributed by atoms with E-state index in [1.807, 2.05) is 48.5 Å². The normalized spacial score (nSPS) is 18.7. The zero-order valence-electron chi connectivity index (χ0n) is 20.4. The molecule has 0 aromatic carbocycles. The lowest BCUT2D eigenvalue weighted by Crippen LogP contribution is -2.38. The van der Waals surface area contributed by atoms with Gasteiger partial charge in [-0.2, -0.15) is 19.8 Å². The number of rotatable bonds is 6. The van der Waals surface area contributed by atoms with Gasteiger partial charge in [0.25, 0.3) is 5.95 Å². The third kappa shape index (κ3) is 4.65. The quantitative estimate of drug-likeness (QED) is 0.198. The largest absolute Gasteiger partial charge is 0.368 e. The van der Waals surface area contributed by atoms with Crippen molar-refractivity contribution in [2.45, 2.75) is 60.0 Å². The summed E-state index contributed by atoms with van der Waals surface area (Å²) in [5, 5.41) is 39.8. The highest BCUT2D eigenvalue weighted by Crippen LogP contribution is 2.31. The summed E-state index contributed by atoms with van der Waals surface area (Å²) in [7, 11) is 0. The molecule has 0 radical (unpaired) electrons. The van der Waals surface area contributed by atoms with Crippen molar-refractivity contribution < 1.29 is 0 Å². The molecule has 0 bridgehead atoms. The standard InChI is InChI=1S/C18H32N16/c1-8(2)17(4,5)10(19)11-23-13(21)34(30-11)14(22)27-26-12(20)24-15-25-16(29-28-15)33-9(3)18(6,7)31-32-33/h8-9,19H,1-7H3,(H2,22,27)(H2,21,23,30)(H4,20,24,25,26,28,29). The van der Waals surface area contributed by atoms with Gasteiger partial charge in [0.05, 0.1) is 11.8 Å². The van der Waals surface area contributed by atoms with Gasteiger partial charge in [0.15, 0.2) is 5.82 Å². The summed E-state index contributed by atoms with van der Waals surface area (Å²) in [5.41, 5.74) is 17.2. The van der Waals surface area contributed by atoms with Crippen LogP contribution in [0.3, 0.4) is 0 Å². The van der Waals surface area contributed by atoms with Crippen LogP contribution in [0.1, 0.15) is 54.3 Å². The van der Waals surface area contributed by atoms with Gasteiger partial charge >= 0.3 is 0 Å². The van der Waals surface area contributed by atoms with Crippen molar-refractivity contribution in [1.29, 1.82) is 5.41 Å². The predicted molar refractivity (Wildman–Crippen MR) is 129 cm³/mol. The molecule has 1 atom stereocenters. The van der Waals surface area contributed by atoms with E-state index in [0.717, 1.165) is 4.68 Å². The van der Waals surface area contributed by atoms with Gasteiger partial charge in [-0.15, -0.1) is 20.4 Å². The minimum atomic E-state index is -0.461. The Kier molecular flexibility index (Phi) is 6.26. The predicted octanol–water partition coefficient (Wildman–Crippen LogP) is 0.887. The number of nitrogens with zero attached hydrogens (tertiary/aromatic N) is 10. The molecule has 3 rings (SSSR count). The molecule has 16 heteroatoms. The number of anilines is 3. The highest BCUT2D eigenvalue weighted by atomic mass is 15.7. The molecule has 0 aliphatic carbocycles. The van der Waals surface area contributed by atoms with Crippen LogP contribution in [0.25, 0.3) is 0 Å². The fourth-order valence-corrected chi connectivity index (χ4v) is 2.72. The molecule has 2 aromatic heterocycles. The van der Waals surface area contributed by atoms with Crippen LogP contribution in [0.4, 0.5) is 17.8 Å². The Morgan fingerprint density at radius 3 is 2.50 bits per heavy atom. The summed E-state index contributed by atoms with van der Waals surface area (Å²) in [6, 6.07) is -0.0304. The third-order valence-corrected chi connectivity index (χ3v) is 6.13. The van der Waals surface area contributed by atoms with Gasteiger partial charge in [-0.1, -0.05) is 32.9 Å². The first kappa shape index (κ1) is 24.5. The molecule has 0 saturated heterocycles. The van der Waals surface area contributed by atoms with Gasteiger partial charge in [0.2, 0.25) is 23.8 Å². The maximum Gasteiger partial charge on any atom is 0.268 e. The van der Waals surface area contributed by atoms with Gasteiger partial charge in [-0.05, 0) is 26.7 Å². The first-order valence-corrected chi connectivity index (χ1v) is 10.6. The molecule has 1 aliphatic heterocycles. The van der Waals surface area contributed by atoms with Crippen LogP contribution in [0.2, 0.25) is 0 Å². The van der Waals surface area contributed by atoms with E-state index >= 15 is 0 Å². The Bertz CT molecular complexity index is 1150. The minimum absolute atomic E-state index is 0.0287. The molecule has 16 nitrogen and oxygen atoms in total. The fourth-order valence-electron chi connectivity index (χ4n) is 2.72. The summed E-state index contributed by atoms with van der Waals surface area (Å²) >= 11 is 0. The lowest BCUT2D eigenvalue weighted by atomic mass is 9.76. The van der Waals surface area contributed by atoms with Crippen molar-refractivity contribution in [3.05, 3.63) is 5.82 Å². The third-order valence-electron chi connectivity index (χ3n) is 6.13. The zero-order valence-corrected chi connectivity index (χ0v) is 20.4. The molecule has 0 spiro atoms. The topological polar surface area (TPSA) is 239 Å². The first-order valence-electron chi connectivity index (χ1n) is 10.6. The van der Waals surface area contributed by atoms with Gasteiger partial charge in [-0.25, -0.2) is 10.1 Å². The Hall–Kier alpha value is -4.11. The molecular weight excluding hydrogens is 440 g/mol. The van der Waals surface area contributed by atoms with E-state index in [1.165, 1.54) is 0 Å². The Morgan fingerprint density at radius 1 is 1.24 bits per heavy atom. The van der Waals surface area contributed by atoms with Gasteiger partial charge in [-0.3, -0.25) is 5.32 Å². The van der Waals surface area contributed by atoms with E-state index in [0.29, 0.717) is 5.95 Å². The van der Waals surface area contributed by atoms with Crippen molar-refractivity contribution in [2.75, 3.05) is 16.1 Å². The molecule has 3 heterocycles. The molecule has 1 aliphatic rings. The van der Waals surface area contributed by atoms with Crippen molar-refractivity contribution >= 4 is 35.5 Å². The number of aromatic amines is 1. The summed E-state index contributed by atoms with van der Waals surface area (Å²) in [5.74, 6) is 0.583. The van der Waals surface area contributed by atoms with Crippen molar-refractivity contribution in [2.24, 2.45) is 43.3 Å². The lowest BCUT2D eigenvalue weighted by Gasteiger charge is -2.28. The highest BCUT2D eigenvalue weighted by Gasteiger charge is 2.38. The molecular formula is C18H32N16. The number of nitrogens with one attached hydrogen (secondary N) is 3. The monoisotopic (exact) mass is 472 g/mol. The van der Waals surface area contributed by atoms with Gasteiger partial charge in [0, 0.05) is 5.41 Å². The maximum absolute atomic E-state index is 8.44. The Balaban J connectivity index is 1.71. The molecule has 0 amide bonds. The van der Waals surface area contributed by atoms with E-state index in [2.05, 4.69) is 51.1 Å². The summed E-state index contributed by atoms with van der Waals surface area (Å²) in [6.45, 7) is 13.8. The molecule has 9 N–H and O–H groups in total. The van der Waals surface area contributed by atoms with Crippen molar-refractivity contribution in [3.63, 3.8) is 0 Å². The molecule has 2 aromatic rings. The Morgan fingerprint density at radius 2 is 1.91 bits per heavy atom. The van der Waals surface area contributed by atoms with Crippen molar-refractivity contribution in [3.8, 4) is 0 Å². The first-order chi connectivity index (χ1) is 15.7. The zero-order chi connectivity index (χ0) is 25.4. The molecule has 0 fully saturated rings. The second-order valence-electron chi connectivity index (χ2n) is 9.37. The van der Waals surface area contributed by atoms with E-state index in [9.17, 15) is 0 Å². The number of guanidine groups is 1. The summed E-state index contributed by atoms with van der Waals surface area (Å²) in [4.78, 5) is 8.43. The maximum atomic E-state index is 8.44. The molecule has 184 valence electrons. The van der Waals surface area contributed by atoms with E-state index < -0.39 is 5.41 Å². The van der Waals surface area contributed by atoms with Crippen LogP contribution in [0.5, 0.6) is 0 Å². The average Bonchev–Trinajstić information content (AvgIpc) is 3.44. The van der Waals surface area contributed by atoms with Crippen LogP contribution >= 0.6 is 0 Å². The SMILES string of the molecule is CC1N(c2n[nH]c(N/C(N)=N/N=C(\N)n3nc(C(=N)C(C)(C)C(C)C)nc3N)n2)N=NC1(C)C.